The van der Waals surface area contributed by atoms with Crippen molar-refractivity contribution in [3.05, 3.63) is 24.0 Å². The molecule has 0 aliphatic carbocycles. The van der Waals surface area contributed by atoms with Gasteiger partial charge in [0.1, 0.15) is 18.1 Å². The second kappa shape index (κ2) is 5.14. The number of rotatable bonds is 5. The molecule has 0 aliphatic heterocycles. The molecule has 1 aromatic rings. The highest BCUT2D eigenvalue weighted by atomic mass is 16.5. The van der Waals surface area contributed by atoms with Gasteiger partial charge in [0.15, 0.2) is 0 Å². The van der Waals surface area contributed by atoms with Crippen molar-refractivity contribution in [2.75, 3.05) is 6.61 Å². The van der Waals surface area contributed by atoms with E-state index >= 15 is 0 Å². The van der Waals surface area contributed by atoms with Gasteiger partial charge in [-0.2, -0.15) is 0 Å². The minimum Gasteiger partial charge on any atom is -0.489 e. The summed E-state index contributed by atoms with van der Waals surface area (Å²) in [6.07, 6.45) is 1.33. The van der Waals surface area contributed by atoms with Gasteiger partial charge in [0, 0.05) is 0 Å². The van der Waals surface area contributed by atoms with Crippen molar-refractivity contribution in [2.45, 2.75) is 26.4 Å². The third-order valence-electron chi connectivity index (χ3n) is 2.73. The van der Waals surface area contributed by atoms with Crippen LogP contribution < -0.4 is 4.74 Å². The van der Waals surface area contributed by atoms with Gasteiger partial charge in [-0.1, -0.05) is 13.8 Å². The largest absolute Gasteiger partial charge is 0.489 e. The third-order valence-corrected chi connectivity index (χ3v) is 2.73. The summed E-state index contributed by atoms with van der Waals surface area (Å²) in [7, 11) is 0. The molecule has 94 valence electrons. The first kappa shape index (κ1) is 13.4. The van der Waals surface area contributed by atoms with E-state index < -0.39 is 11.6 Å². The number of carbonyl (C=O) groups is 1. The molecule has 0 spiro atoms. The fourth-order valence-electron chi connectivity index (χ4n) is 0.988. The Kier molecular flexibility index (Phi) is 4.07. The van der Waals surface area contributed by atoms with Crippen LogP contribution >= 0.6 is 0 Å². The number of hydrogen-bond acceptors (Lipinski definition) is 4. The molecule has 0 amide bonds. The molecule has 0 fully saturated rings. The smallest absolute Gasteiger partial charge is 0.354 e. The molecule has 0 radical (unpaired) electrons. The van der Waals surface area contributed by atoms with Crippen LogP contribution in [0.4, 0.5) is 0 Å². The Bertz CT molecular complexity index is 384. The van der Waals surface area contributed by atoms with Crippen molar-refractivity contribution < 1.29 is 19.7 Å². The molecule has 5 heteroatoms. The Morgan fingerprint density at radius 2 is 2.18 bits per heavy atom. The highest BCUT2D eigenvalue weighted by Gasteiger charge is 2.25. The van der Waals surface area contributed by atoms with E-state index in [4.69, 9.17) is 9.84 Å². The Balaban J connectivity index is 2.62. The molecular formula is C12H17NO4. The summed E-state index contributed by atoms with van der Waals surface area (Å²) in [6, 6.07) is 2.88. The minimum atomic E-state index is -1.08. The molecule has 0 aliphatic rings. The number of carboxylic acids is 1. The van der Waals surface area contributed by atoms with Crippen molar-refractivity contribution in [2.24, 2.45) is 5.92 Å². The zero-order valence-electron chi connectivity index (χ0n) is 10.2. The summed E-state index contributed by atoms with van der Waals surface area (Å²) in [5.41, 5.74) is -0.959. The van der Waals surface area contributed by atoms with Crippen LogP contribution in [0.3, 0.4) is 0 Å². The third kappa shape index (κ3) is 3.71. The van der Waals surface area contributed by atoms with E-state index in [0.717, 1.165) is 0 Å². The minimum absolute atomic E-state index is 0.0343. The Labute approximate surface area is 100 Å². The summed E-state index contributed by atoms with van der Waals surface area (Å²) < 4.78 is 5.36. The quantitative estimate of drug-likeness (QED) is 0.815. The fourth-order valence-corrected chi connectivity index (χ4v) is 0.988. The van der Waals surface area contributed by atoms with Crippen molar-refractivity contribution in [1.82, 2.24) is 4.98 Å². The number of aromatic carboxylic acids is 1. The highest BCUT2D eigenvalue weighted by Crippen LogP contribution is 2.18. The lowest BCUT2D eigenvalue weighted by Gasteiger charge is -2.27. The van der Waals surface area contributed by atoms with E-state index in [0.29, 0.717) is 5.75 Å². The molecule has 0 saturated heterocycles. The number of pyridine rings is 1. The second-order valence-electron chi connectivity index (χ2n) is 4.48. The molecule has 0 saturated carbocycles. The van der Waals surface area contributed by atoms with Gasteiger partial charge in [0.2, 0.25) is 0 Å². The summed E-state index contributed by atoms with van der Waals surface area (Å²) in [6.45, 7) is 5.62. The molecule has 0 bridgehead atoms. The van der Waals surface area contributed by atoms with Gasteiger partial charge in [-0.3, -0.25) is 0 Å². The summed E-state index contributed by atoms with van der Waals surface area (Å²) in [4.78, 5) is 14.3. The van der Waals surface area contributed by atoms with E-state index in [1.54, 1.807) is 6.92 Å². The van der Waals surface area contributed by atoms with Gasteiger partial charge in [-0.25, -0.2) is 9.78 Å². The fraction of sp³-hybridized carbons (Fsp3) is 0.500. The summed E-state index contributed by atoms with van der Waals surface area (Å²) >= 11 is 0. The number of hydrogen-bond donors (Lipinski definition) is 2. The van der Waals surface area contributed by atoms with Gasteiger partial charge in [-0.15, -0.1) is 0 Å². The number of nitrogens with zero attached hydrogens (tertiary/aromatic N) is 1. The topological polar surface area (TPSA) is 79.7 Å². The average molecular weight is 239 g/mol. The summed E-state index contributed by atoms with van der Waals surface area (Å²) in [5, 5.41) is 18.6. The second-order valence-corrected chi connectivity index (χ2v) is 4.48. The molecule has 1 rings (SSSR count). The van der Waals surface area contributed by atoms with Crippen LogP contribution in [0.25, 0.3) is 0 Å². The van der Waals surface area contributed by atoms with E-state index in [1.807, 2.05) is 13.8 Å². The average Bonchev–Trinajstić information content (AvgIpc) is 2.27. The van der Waals surface area contributed by atoms with Crippen LogP contribution in [-0.2, 0) is 0 Å². The first-order valence-corrected chi connectivity index (χ1v) is 5.37. The molecule has 2 N–H and O–H groups in total. The van der Waals surface area contributed by atoms with Gasteiger partial charge in [0.25, 0.3) is 0 Å². The number of carboxylic acid groups (broad SMARTS) is 1. The molecule has 1 atom stereocenters. The zero-order valence-corrected chi connectivity index (χ0v) is 10.2. The van der Waals surface area contributed by atoms with E-state index in [1.165, 1.54) is 18.3 Å². The van der Waals surface area contributed by atoms with E-state index in [-0.39, 0.29) is 18.2 Å². The van der Waals surface area contributed by atoms with Crippen LogP contribution in [-0.4, -0.2) is 33.4 Å². The molecule has 17 heavy (non-hydrogen) atoms. The van der Waals surface area contributed by atoms with Crippen molar-refractivity contribution in [3.63, 3.8) is 0 Å². The Morgan fingerprint density at radius 1 is 1.53 bits per heavy atom. The lowest BCUT2D eigenvalue weighted by molar-refractivity contribution is -0.0267. The van der Waals surface area contributed by atoms with Crippen LogP contribution in [0.1, 0.15) is 31.3 Å². The van der Waals surface area contributed by atoms with Gasteiger partial charge >= 0.3 is 5.97 Å². The SMILES string of the molecule is CC(C)C(C)(O)COc1ccc(C(=O)O)nc1. The van der Waals surface area contributed by atoms with E-state index in [2.05, 4.69) is 4.98 Å². The highest BCUT2D eigenvalue weighted by molar-refractivity contribution is 5.85. The first-order valence-electron chi connectivity index (χ1n) is 5.37. The normalized spacial score (nSPS) is 14.4. The van der Waals surface area contributed by atoms with Crippen molar-refractivity contribution in [1.29, 1.82) is 0 Å². The standard InChI is InChI=1S/C12H17NO4/c1-8(2)12(3,16)7-17-9-4-5-10(11(14)15)13-6-9/h4-6,8,16H,7H2,1-3H3,(H,14,15). The molecule has 1 heterocycles. The van der Waals surface area contributed by atoms with Crippen LogP contribution in [0.15, 0.2) is 18.3 Å². The predicted octanol–water partition coefficient (Wildman–Crippen LogP) is 1.57. The van der Waals surface area contributed by atoms with Crippen LogP contribution in [0.2, 0.25) is 0 Å². The van der Waals surface area contributed by atoms with Gasteiger partial charge in [0.05, 0.1) is 11.8 Å². The molecule has 1 unspecified atom stereocenters. The maximum Gasteiger partial charge on any atom is 0.354 e. The maximum absolute atomic E-state index is 10.6. The van der Waals surface area contributed by atoms with Gasteiger partial charge in [-0.05, 0) is 25.0 Å². The molecule has 0 aromatic carbocycles. The maximum atomic E-state index is 10.6. The monoisotopic (exact) mass is 239 g/mol. The Hall–Kier alpha value is -1.62. The number of aromatic nitrogens is 1. The van der Waals surface area contributed by atoms with Crippen LogP contribution in [0.5, 0.6) is 5.75 Å². The molecule has 5 nitrogen and oxygen atoms in total. The number of aliphatic hydroxyl groups is 1. The number of ether oxygens (including phenoxy) is 1. The molecular weight excluding hydrogens is 222 g/mol. The lowest BCUT2D eigenvalue weighted by atomic mass is 9.94. The Morgan fingerprint density at radius 3 is 2.59 bits per heavy atom. The van der Waals surface area contributed by atoms with Crippen LogP contribution in [0, 0.1) is 5.92 Å². The zero-order chi connectivity index (χ0) is 13.1. The molecule has 1 aromatic heterocycles. The van der Waals surface area contributed by atoms with Crippen molar-refractivity contribution in [3.8, 4) is 5.75 Å². The van der Waals surface area contributed by atoms with E-state index in [9.17, 15) is 9.90 Å². The summed E-state index contributed by atoms with van der Waals surface area (Å²) in [5.74, 6) is -0.574. The first-order chi connectivity index (χ1) is 7.83. The van der Waals surface area contributed by atoms with Gasteiger partial charge < -0.3 is 14.9 Å². The van der Waals surface area contributed by atoms with Crippen molar-refractivity contribution >= 4 is 5.97 Å². The lowest BCUT2D eigenvalue weighted by Crippen LogP contribution is -2.37. The predicted molar refractivity (Wildman–Crippen MR) is 62.2 cm³/mol.